The van der Waals surface area contributed by atoms with Crippen molar-refractivity contribution in [1.29, 1.82) is 0 Å². The molecule has 1 aromatic rings. The fourth-order valence-electron chi connectivity index (χ4n) is 1.50. The second-order valence-electron chi connectivity index (χ2n) is 3.59. The van der Waals surface area contributed by atoms with Gasteiger partial charge in [-0.25, -0.2) is 8.78 Å². The summed E-state index contributed by atoms with van der Waals surface area (Å²) in [6.45, 7) is 4.28. The minimum atomic E-state index is -2.47. The molecular formula is C10H17F2N3. The summed E-state index contributed by atoms with van der Waals surface area (Å²) in [6, 6.07) is 0.0135. The molecule has 0 aliphatic heterocycles. The molecule has 1 unspecified atom stereocenters. The van der Waals surface area contributed by atoms with E-state index in [-0.39, 0.29) is 11.7 Å². The summed E-state index contributed by atoms with van der Waals surface area (Å²) in [7, 11) is 1.73. The van der Waals surface area contributed by atoms with Crippen LogP contribution in [0, 0.1) is 0 Å². The standard InChI is InChI=1S/C10H17F2N3/c1-4-7(2)15-9(10(11)12)8(5-13-3)6-14-15/h6-7,10,13H,4-5H2,1-3H3. The van der Waals surface area contributed by atoms with E-state index in [9.17, 15) is 8.78 Å². The summed E-state index contributed by atoms with van der Waals surface area (Å²) < 4.78 is 27.1. The van der Waals surface area contributed by atoms with Crippen molar-refractivity contribution in [2.75, 3.05) is 7.05 Å². The lowest BCUT2D eigenvalue weighted by Crippen LogP contribution is -2.13. The minimum Gasteiger partial charge on any atom is -0.316 e. The number of aromatic nitrogens is 2. The molecule has 5 heteroatoms. The molecule has 86 valence electrons. The molecule has 0 aromatic carbocycles. The summed E-state index contributed by atoms with van der Waals surface area (Å²) in [4.78, 5) is 0. The Bertz CT molecular complexity index is 310. The van der Waals surface area contributed by atoms with Crippen molar-refractivity contribution >= 4 is 0 Å². The van der Waals surface area contributed by atoms with E-state index in [4.69, 9.17) is 0 Å². The van der Waals surface area contributed by atoms with Crippen molar-refractivity contribution in [1.82, 2.24) is 15.1 Å². The Kier molecular flexibility index (Phi) is 4.20. The predicted molar refractivity (Wildman–Crippen MR) is 54.9 cm³/mol. The van der Waals surface area contributed by atoms with Gasteiger partial charge in [-0.05, 0) is 20.4 Å². The van der Waals surface area contributed by atoms with E-state index in [0.717, 1.165) is 6.42 Å². The van der Waals surface area contributed by atoms with Crippen LogP contribution < -0.4 is 5.32 Å². The van der Waals surface area contributed by atoms with Gasteiger partial charge in [0.2, 0.25) is 0 Å². The average molecular weight is 217 g/mol. The quantitative estimate of drug-likeness (QED) is 0.821. The van der Waals surface area contributed by atoms with Crippen LogP contribution >= 0.6 is 0 Å². The SMILES string of the molecule is CCC(C)n1ncc(CNC)c1C(F)F. The van der Waals surface area contributed by atoms with Gasteiger partial charge < -0.3 is 5.32 Å². The highest BCUT2D eigenvalue weighted by molar-refractivity contribution is 5.19. The average Bonchev–Trinajstić information content (AvgIpc) is 2.61. The van der Waals surface area contributed by atoms with Crippen LogP contribution in [-0.4, -0.2) is 16.8 Å². The molecule has 0 spiro atoms. The van der Waals surface area contributed by atoms with Gasteiger partial charge in [-0.3, -0.25) is 4.68 Å². The van der Waals surface area contributed by atoms with Gasteiger partial charge in [-0.15, -0.1) is 0 Å². The van der Waals surface area contributed by atoms with Crippen LogP contribution in [0.4, 0.5) is 8.78 Å². The van der Waals surface area contributed by atoms with Gasteiger partial charge in [0.1, 0.15) is 5.69 Å². The van der Waals surface area contributed by atoms with Gasteiger partial charge in [0.15, 0.2) is 0 Å². The normalized spacial score (nSPS) is 13.5. The Morgan fingerprint density at radius 3 is 2.67 bits per heavy atom. The Hall–Kier alpha value is -0.970. The Morgan fingerprint density at radius 1 is 1.53 bits per heavy atom. The molecule has 0 amide bonds. The number of hydrogen-bond donors (Lipinski definition) is 1. The summed E-state index contributed by atoms with van der Waals surface area (Å²) in [5.74, 6) is 0. The summed E-state index contributed by atoms with van der Waals surface area (Å²) >= 11 is 0. The third kappa shape index (κ3) is 2.53. The van der Waals surface area contributed by atoms with E-state index < -0.39 is 6.43 Å². The van der Waals surface area contributed by atoms with Crippen LogP contribution in [0.2, 0.25) is 0 Å². The molecule has 0 aliphatic rings. The van der Waals surface area contributed by atoms with Crippen LogP contribution in [0.3, 0.4) is 0 Å². The number of rotatable bonds is 5. The second-order valence-corrected chi connectivity index (χ2v) is 3.59. The molecule has 0 aliphatic carbocycles. The fraction of sp³-hybridized carbons (Fsp3) is 0.700. The maximum Gasteiger partial charge on any atom is 0.280 e. The molecule has 0 fully saturated rings. The number of alkyl halides is 2. The number of hydrogen-bond acceptors (Lipinski definition) is 2. The maximum atomic E-state index is 12.9. The van der Waals surface area contributed by atoms with Crippen LogP contribution in [0.5, 0.6) is 0 Å². The van der Waals surface area contributed by atoms with Gasteiger partial charge in [-0.1, -0.05) is 6.92 Å². The molecule has 1 aromatic heterocycles. The number of halogens is 2. The molecule has 1 heterocycles. The molecule has 1 atom stereocenters. The predicted octanol–water partition coefficient (Wildman–Crippen LogP) is 2.51. The number of nitrogens with zero attached hydrogens (tertiary/aromatic N) is 2. The molecule has 15 heavy (non-hydrogen) atoms. The lowest BCUT2D eigenvalue weighted by atomic mass is 10.2. The van der Waals surface area contributed by atoms with Crippen LogP contribution in [-0.2, 0) is 6.54 Å². The summed E-state index contributed by atoms with van der Waals surface area (Å²) in [5.41, 5.74) is 0.617. The lowest BCUT2D eigenvalue weighted by Gasteiger charge is -2.14. The van der Waals surface area contributed by atoms with Crippen LogP contribution in [0.15, 0.2) is 6.20 Å². The van der Waals surface area contributed by atoms with Gasteiger partial charge in [0, 0.05) is 18.2 Å². The van der Waals surface area contributed by atoms with Gasteiger partial charge in [0.25, 0.3) is 6.43 Å². The van der Waals surface area contributed by atoms with E-state index in [2.05, 4.69) is 10.4 Å². The molecule has 0 saturated heterocycles. The third-order valence-corrected chi connectivity index (χ3v) is 2.50. The molecular weight excluding hydrogens is 200 g/mol. The molecule has 3 nitrogen and oxygen atoms in total. The van der Waals surface area contributed by atoms with Crippen molar-refractivity contribution in [3.63, 3.8) is 0 Å². The van der Waals surface area contributed by atoms with E-state index in [0.29, 0.717) is 12.1 Å². The fourth-order valence-corrected chi connectivity index (χ4v) is 1.50. The lowest BCUT2D eigenvalue weighted by molar-refractivity contribution is 0.135. The topological polar surface area (TPSA) is 29.9 Å². The third-order valence-electron chi connectivity index (χ3n) is 2.50. The summed E-state index contributed by atoms with van der Waals surface area (Å²) in [6.07, 6.45) is -0.158. The second kappa shape index (κ2) is 5.21. The first-order chi connectivity index (χ1) is 7.11. The van der Waals surface area contributed by atoms with Crippen LogP contribution in [0.1, 0.15) is 44.0 Å². The highest BCUT2D eigenvalue weighted by atomic mass is 19.3. The first-order valence-corrected chi connectivity index (χ1v) is 5.10. The van der Waals surface area contributed by atoms with Crippen molar-refractivity contribution in [2.45, 2.75) is 39.3 Å². The summed E-state index contributed by atoms with van der Waals surface area (Å²) in [5, 5.41) is 6.89. The number of nitrogens with one attached hydrogen (secondary N) is 1. The zero-order valence-corrected chi connectivity index (χ0v) is 9.30. The largest absolute Gasteiger partial charge is 0.316 e. The Morgan fingerprint density at radius 2 is 2.20 bits per heavy atom. The maximum absolute atomic E-state index is 12.9. The van der Waals surface area contributed by atoms with Crippen molar-refractivity contribution < 1.29 is 8.78 Å². The van der Waals surface area contributed by atoms with E-state index >= 15 is 0 Å². The van der Waals surface area contributed by atoms with E-state index in [1.54, 1.807) is 7.05 Å². The van der Waals surface area contributed by atoms with Crippen molar-refractivity contribution in [2.24, 2.45) is 0 Å². The minimum absolute atomic E-state index is 0.0135. The first kappa shape index (κ1) is 12.1. The molecule has 0 radical (unpaired) electrons. The van der Waals surface area contributed by atoms with E-state index in [1.807, 2.05) is 13.8 Å². The monoisotopic (exact) mass is 217 g/mol. The zero-order chi connectivity index (χ0) is 11.4. The van der Waals surface area contributed by atoms with Gasteiger partial charge >= 0.3 is 0 Å². The smallest absolute Gasteiger partial charge is 0.280 e. The molecule has 0 bridgehead atoms. The highest BCUT2D eigenvalue weighted by Gasteiger charge is 2.21. The highest BCUT2D eigenvalue weighted by Crippen LogP contribution is 2.26. The van der Waals surface area contributed by atoms with Gasteiger partial charge in [-0.2, -0.15) is 5.10 Å². The van der Waals surface area contributed by atoms with Crippen LogP contribution in [0.25, 0.3) is 0 Å². The Balaban J connectivity index is 3.06. The molecule has 0 saturated carbocycles. The van der Waals surface area contributed by atoms with Crippen molar-refractivity contribution in [3.8, 4) is 0 Å². The van der Waals surface area contributed by atoms with Gasteiger partial charge in [0.05, 0.1) is 6.20 Å². The van der Waals surface area contributed by atoms with Crippen molar-refractivity contribution in [3.05, 3.63) is 17.5 Å². The Labute approximate surface area is 88.5 Å². The molecule has 1 rings (SSSR count). The van der Waals surface area contributed by atoms with E-state index in [1.165, 1.54) is 10.9 Å². The zero-order valence-electron chi connectivity index (χ0n) is 9.30. The first-order valence-electron chi connectivity index (χ1n) is 5.10. The molecule has 1 N–H and O–H groups in total.